The molecule has 156 valence electrons. The number of benzene rings is 2. The molecule has 0 radical (unpaired) electrons. The smallest absolute Gasteiger partial charge is 0.226 e. The van der Waals surface area contributed by atoms with Crippen molar-refractivity contribution in [1.29, 1.82) is 0 Å². The molecule has 0 aliphatic carbocycles. The summed E-state index contributed by atoms with van der Waals surface area (Å²) < 4.78 is 29.8. The van der Waals surface area contributed by atoms with Gasteiger partial charge in [0.25, 0.3) is 0 Å². The normalized spacial score (nSPS) is 15.7. The summed E-state index contributed by atoms with van der Waals surface area (Å²) in [6, 6.07) is 12.4. The van der Waals surface area contributed by atoms with Crippen molar-refractivity contribution in [1.82, 2.24) is 5.32 Å². The number of halogens is 1. The Hall–Kier alpha value is -2.44. The van der Waals surface area contributed by atoms with Crippen LogP contribution in [0.5, 0.6) is 5.75 Å². The molecule has 2 aromatic rings. The molecular weight excluding hydrogens is 373 g/mol. The fraction of sp³-hybridized carbons (Fsp3) is 0.435. The predicted octanol–water partition coefficient (Wildman–Crippen LogP) is 3.60. The minimum atomic E-state index is -0.517. The molecule has 1 fully saturated rings. The quantitative estimate of drug-likeness (QED) is 0.687. The third-order valence-corrected chi connectivity index (χ3v) is 5.47. The van der Waals surface area contributed by atoms with Crippen LogP contribution in [0.15, 0.2) is 42.5 Å². The van der Waals surface area contributed by atoms with Crippen molar-refractivity contribution < 1.29 is 23.4 Å². The number of carbonyl (C=O) groups excluding carboxylic acids is 1. The summed E-state index contributed by atoms with van der Waals surface area (Å²) in [5.41, 5.74) is 2.06. The average Bonchev–Trinajstić information content (AvgIpc) is 2.74. The molecule has 1 N–H and O–H groups in total. The SMILES string of the molecule is COCCNC(=O)C1(Cc2cccc(-c3cc(F)ccc3OC)c2)CCOCC1. The van der Waals surface area contributed by atoms with E-state index in [1.807, 2.05) is 24.3 Å². The van der Waals surface area contributed by atoms with E-state index in [-0.39, 0.29) is 11.7 Å². The second kappa shape index (κ2) is 9.85. The number of amides is 1. The first-order valence-corrected chi connectivity index (χ1v) is 9.86. The minimum absolute atomic E-state index is 0.0339. The Morgan fingerprint density at radius 3 is 2.69 bits per heavy atom. The van der Waals surface area contributed by atoms with Crippen molar-refractivity contribution >= 4 is 5.91 Å². The van der Waals surface area contributed by atoms with Crippen molar-refractivity contribution in [3.05, 3.63) is 53.8 Å². The van der Waals surface area contributed by atoms with Crippen molar-refractivity contribution in [2.45, 2.75) is 19.3 Å². The second-order valence-electron chi connectivity index (χ2n) is 7.36. The van der Waals surface area contributed by atoms with Crippen LogP contribution in [0.4, 0.5) is 4.39 Å². The standard InChI is InChI=1S/C23H28FNO4/c1-27-13-10-25-22(26)23(8-11-29-12-9-23)16-17-4-3-5-18(14-17)20-15-19(24)6-7-21(20)28-2/h3-7,14-15H,8-13,16H2,1-2H3,(H,25,26). The van der Waals surface area contributed by atoms with E-state index in [1.54, 1.807) is 20.3 Å². The first-order chi connectivity index (χ1) is 14.1. The monoisotopic (exact) mass is 401 g/mol. The van der Waals surface area contributed by atoms with Gasteiger partial charge in [0.2, 0.25) is 5.91 Å². The Bertz CT molecular complexity index is 833. The third kappa shape index (κ3) is 5.14. The van der Waals surface area contributed by atoms with Crippen LogP contribution in [0.3, 0.4) is 0 Å². The molecule has 0 atom stereocenters. The zero-order valence-electron chi connectivity index (χ0n) is 17.0. The zero-order chi connectivity index (χ0) is 20.7. The van der Waals surface area contributed by atoms with Gasteiger partial charge in [0.1, 0.15) is 11.6 Å². The minimum Gasteiger partial charge on any atom is -0.496 e. The molecule has 1 aliphatic heterocycles. The summed E-state index contributed by atoms with van der Waals surface area (Å²) in [7, 11) is 3.19. The maximum atomic E-state index is 13.8. The molecule has 2 aromatic carbocycles. The lowest BCUT2D eigenvalue weighted by Gasteiger charge is -2.36. The lowest BCUT2D eigenvalue weighted by molar-refractivity contribution is -0.136. The Morgan fingerprint density at radius 2 is 1.97 bits per heavy atom. The number of carbonyl (C=O) groups is 1. The number of methoxy groups -OCH3 is 2. The van der Waals surface area contributed by atoms with Gasteiger partial charge in [-0.25, -0.2) is 4.39 Å². The highest BCUT2D eigenvalue weighted by Gasteiger charge is 2.39. The van der Waals surface area contributed by atoms with E-state index in [1.165, 1.54) is 12.1 Å². The van der Waals surface area contributed by atoms with Gasteiger partial charge >= 0.3 is 0 Å². The fourth-order valence-corrected chi connectivity index (χ4v) is 3.85. The van der Waals surface area contributed by atoms with E-state index in [2.05, 4.69) is 5.32 Å². The molecule has 0 aromatic heterocycles. The van der Waals surface area contributed by atoms with Crippen LogP contribution in [0.2, 0.25) is 0 Å². The molecule has 29 heavy (non-hydrogen) atoms. The van der Waals surface area contributed by atoms with Gasteiger partial charge in [0.05, 0.1) is 19.1 Å². The first-order valence-electron chi connectivity index (χ1n) is 9.86. The first kappa shape index (κ1) is 21.3. The van der Waals surface area contributed by atoms with E-state index in [0.717, 1.165) is 11.1 Å². The Kier molecular flexibility index (Phi) is 7.23. The van der Waals surface area contributed by atoms with Gasteiger partial charge in [-0.3, -0.25) is 4.79 Å². The molecule has 1 heterocycles. The third-order valence-electron chi connectivity index (χ3n) is 5.47. The van der Waals surface area contributed by atoms with Crippen LogP contribution < -0.4 is 10.1 Å². The summed E-state index contributed by atoms with van der Waals surface area (Å²) in [5.74, 6) is 0.331. The van der Waals surface area contributed by atoms with Gasteiger partial charge in [-0.2, -0.15) is 0 Å². The number of hydrogen-bond acceptors (Lipinski definition) is 4. The maximum Gasteiger partial charge on any atom is 0.226 e. The summed E-state index contributed by atoms with van der Waals surface area (Å²) in [5, 5.41) is 3.00. The fourth-order valence-electron chi connectivity index (χ4n) is 3.85. The van der Waals surface area contributed by atoms with Crippen LogP contribution in [0, 0.1) is 11.2 Å². The Morgan fingerprint density at radius 1 is 1.17 bits per heavy atom. The van der Waals surface area contributed by atoms with Crippen LogP contribution in [-0.2, 0) is 20.7 Å². The molecule has 0 spiro atoms. The van der Waals surface area contributed by atoms with Gasteiger partial charge in [-0.05, 0) is 48.6 Å². The number of hydrogen-bond donors (Lipinski definition) is 1. The van der Waals surface area contributed by atoms with Crippen LogP contribution >= 0.6 is 0 Å². The molecule has 1 aliphatic rings. The van der Waals surface area contributed by atoms with Crippen molar-refractivity contribution in [3.63, 3.8) is 0 Å². The van der Waals surface area contributed by atoms with E-state index in [4.69, 9.17) is 14.2 Å². The maximum absolute atomic E-state index is 13.8. The molecule has 3 rings (SSSR count). The van der Waals surface area contributed by atoms with E-state index in [0.29, 0.717) is 56.9 Å². The predicted molar refractivity (Wildman–Crippen MR) is 109 cm³/mol. The Labute approximate surface area is 171 Å². The largest absolute Gasteiger partial charge is 0.496 e. The van der Waals surface area contributed by atoms with Crippen molar-refractivity contribution in [2.24, 2.45) is 5.41 Å². The van der Waals surface area contributed by atoms with Gasteiger partial charge < -0.3 is 19.5 Å². The summed E-state index contributed by atoms with van der Waals surface area (Å²) in [6.07, 6.45) is 1.93. The number of nitrogens with one attached hydrogen (secondary N) is 1. The highest BCUT2D eigenvalue weighted by Crippen LogP contribution is 2.37. The molecule has 1 amide bonds. The zero-order valence-corrected chi connectivity index (χ0v) is 17.0. The van der Waals surface area contributed by atoms with Crippen LogP contribution in [0.1, 0.15) is 18.4 Å². The van der Waals surface area contributed by atoms with E-state index >= 15 is 0 Å². The molecule has 0 bridgehead atoms. The van der Waals surface area contributed by atoms with E-state index in [9.17, 15) is 9.18 Å². The summed E-state index contributed by atoms with van der Waals surface area (Å²) in [4.78, 5) is 13.0. The van der Waals surface area contributed by atoms with Gasteiger partial charge in [0.15, 0.2) is 0 Å². The molecule has 0 saturated carbocycles. The molecule has 0 unspecified atom stereocenters. The molecular formula is C23H28FNO4. The highest BCUT2D eigenvalue weighted by atomic mass is 19.1. The van der Waals surface area contributed by atoms with Crippen LogP contribution in [0.25, 0.3) is 11.1 Å². The summed E-state index contributed by atoms with van der Waals surface area (Å²) in [6.45, 7) is 2.09. The lowest BCUT2D eigenvalue weighted by atomic mass is 9.74. The summed E-state index contributed by atoms with van der Waals surface area (Å²) >= 11 is 0. The van der Waals surface area contributed by atoms with Crippen molar-refractivity contribution in [2.75, 3.05) is 40.6 Å². The number of rotatable bonds is 8. The highest BCUT2D eigenvalue weighted by molar-refractivity contribution is 5.83. The van der Waals surface area contributed by atoms with Crippen LogP contribution in [-0.4, -0.2) is 46.5 Å². The van der Waals surface area contributed by atoms with Gasteiger partial charge in [-0.15, -0.1) is 0 Å². The molecule has 6 heteroatoms. The van der Waals surface area contributed by atoms with Gasteiger partial charge in [-0.1, -0.05) is 24.3 Å². The average molecular weight is 401 g/mol. The molecule has 1 saturated heterocycles. The number of ether oxygens (including phenoxy) is 3. The Balaban J connectivity index is 1.87. The van der Waals surface area contributed by atoms with Gasteiger partial charge in [0, 0.05) is 32.4 Å². The van der Waals surface area contributed by atoms with Crippen molar-refractivity contribution in [3.8, 4) is 16.9 Å². The second-order valence-corrected chi connectivity index (χ2v) is 7.36. The van der Waals surface area contributed by atoms with E-state index < -0.39 is 5.41 Å². The molecule has 5 nitrogen and oxygen atoms in total. The topological polar surface area (TPSA) is 56.8 Å². The lowest BCUT2D eigenvalue weighted by Crippen LogP contribution is -2.46.